The van der Waals surface area contributed by atoms with Gasteiger partial charge in [-0.25, -0.2) is 4.39 Å². The second-order valence-electron chi connectivity index (χ2n) is 5.33. The molecule has 2 rings (SSSR count). The number of nitrogens with zero attached hydrogens (tertiary/aromatic N) is 1. The van der Waals surface area contributed by atoms with Crippen molar-refractivity contribution in [2.75, 3.05) is 7.05 Å². The van der Waals surface area contributed by atoms with E-state index in [2.05, 4.69) is 0 Å². The highest BCUT2D eigenvalue weighted by Crippen LogP contribution is 2.26. The minimum absolute atomic E-state index is 0.0221. The van der Waals surface area contributed by atoms with Gasteiger partial charge < -0.3 is 10.0 Å². The van der Waals surface area contributed by atoms with Crippen molar-refractivity contribution in [1.29, 1.82) is 0 Å². The van der Waals surface area contributed by atoms with Gasteiger partial charge in [0.1, 0.15) is 5.82 Å². The highest BCUT2D eigenvalue weighted by Gasteiger charge is 2.27. The standard InChI is InChI=1S/C15H20FNO2/c1-17(10-11-2-6-13(16)7-3-11)15(19)12-4-8-14(18)9-5-12/h2-3,6-7,12,14,18H,4-5,8-10H2,1H3. The fourth-order valence-corrected chi connectivity index (χ4v) is 2.58. The molecule has 19 heavy (non-hydrogen) atoms. The lowest BCUT2D eigenvalue weighted by Crippen LogP contribution is -2.35. The van der Waals surface area contributed by atoms with Crippen molar-refractivity contribution in [3.8, 4) is 0 Å². The van der Waals surface area contributed by atoms with Crippen molar-refractivity contribution < 1.29 is 14.3 Å². The molecule has 3 nitrogen and oxygen atoms in total. The molecule has 0 bridgehead atoms. The quantitative estimate of drug-likeness (QED) is 0.911. The monoisotopic (exact) mass is 265 g/mol. The predicted molar refractivity (Wildman–Crippen MR) is 70.8 cm³/mol. The normalized spacial score (nSPS) is 23.1. The summed E-state index contributed by atoms with van der Waals surface area (Å²) >= 11 is 0. The van der Waals surface area contributed by atoms with Gasteiger partial charge in [-0.2, -0.15) is 0 Å². The number of carbonyl (C=O) groups excluding carboxylic acids is 1. The summed E-state index contributed by atoms with van der Waals surface area (Å²) in [6.07, 6.45) is 2.69. The molecule has 1 fully saturated rings. The number of amides is 1. The minimum atomic E-state index is -0.265. The lowest BCUT2D eigenvalue weighted by Gasteiger charge is -2.28. The molecule has 0 spiro atoms. The molecule has 0 radical (unpaired) electrons. The zero-order valence-corrected chi connectivity index (χ0v) is 11.2. The van der Waals surface area contributed by atoms with Crippen LogP contribution in [0, 0.1) is 11.7 Å². The van der Waals surface area contributed by atoms with Gasteiger partial charge in [0.25, 0.3) is 0 Å². The molecule has 1 aliphatic carbocycles. The van der Waals surface area contributed by atoms with E-state index in [0.717, 1.165) is 18.4 Å². The van der Waals surface area contributed by atoms with Crippen LogP contribution in [-0.4, -0.2) is 29.1 Å². The average molecular weight is 265 g/mol. The van der Waals surface area contributed by atoms with Crippen LogP contribution in [0.2, 0.25) is 0 Å². The van der Waals surface area contributed by atoms with Crippen molar-refractivity contribution in [3.63, 3.8) is 0 Å². The van der Waals surface area contributed by atoms with E-state index in [1.807, 2.05) is 0 Å². The van der Waals surface area contributed by atoms with Crippen molar-refractivity contribution in [2.24, 2.45) is 5.92 Å². The molecule has 0 atom stereocenters. The number of carbonyl (C=O) groups is 1. The third-order valence-corrected chi connectivity index (χ3v) is 3.76. The zero-order valence-electron chi connectivity index (χ0n) is 11.2. The first kappa shape index (κ1) is 14.0. The summed E-state index contributed by atoms with van der Waals surface area (Å²) in [5.74, 6) is -0.121. The van der Waals surface area contributed by atoms with Gasteiger partial charge in [-0.1, -0.05) is 12.1 Å². The van der Waals surface area contributed by atoms with Crippen LogP contribution < -0.4 is 0 Å². The van der Waals surface area contributed by atoms with Crippen molar-refractivity contribution >= 4 is 5.91 Å². The van der Waals surface area contributed by atoms with Gasteiger partial charge in [0.15, 0.2) is 0 Å². The Kier molecular flexibility index (Phi) is 4.53. The van der Waals surface area contributed by atoms with Crippen LogP contribution in [0.1, 0.15) is 31.2 Å². The van der Waals surface area contributed by atoms with Crippen LogP contribution in [0.5, 0.6) is 0 Å². The molecule has 1 N–H and O–H groups in total. The van der Waals surface area contributed by atoms with Crippen LogP contribution in [0.4, 0.5) is 4.39 Å². The van der Waals surface area contributed by atoms with E-state index in [1.54, 1.807) is 24.1 Å². The fourth-order valence-electron chi connectivity index (χ4n) is 2.58. The number of rotatable bonds is 3. The number of aliphatic hydroxyl groups is 1. The molecular formula is C15H20FNO2. The third-order valence-electron chi connectivity index (χ3n) is 3.76. The van der Waals surface area contributed by atoms with Gasteiger partial charge in [0.2, 0.25) is 5.91 Å². The highest BCUT2D eigenvalue weighted by molar-refractivity contribution is 5.78. The molecule has 1 saturated carbocycles. The first-order valence-corrected chi connectivity index (χ1v) is 6.73. The summed E-state index contributed by atoms with van der Waals surface area (Å²) in [5.41, 5.74) is 0.924. The lowest BCUT2D eigenvalue weighted by molar-refractivity contribution is -0.136. The SMILES string of the molecule is CN(Cc1ccc(F)cc1)C(=O)C1CCC(O)CC1. The lowest BCUT2D eigenvalue weighted by atomic mass is 9.86. The Balaban J connectivity index is 1.90. The first-order chi connectivity index (χ1) is 9.06. The largest absolute Gasteiger partial charge is 0.393 e. The summed E-state index contributed by atoms with van der Waals surface area (Å²) in [7, 11) is 1.77. The second-order valence-corrected chi connectivity index (χ2v) is 5.33. The van der Waals surface area contributed by atoms with E-state index in [1.165, 1.54) is 12.1 Å². The summed E-state index contributed by atoms with van der Waals surface area (Å²) < 4.78 is 12.8. The van der Waals surface area contributed by atoms with Crippen LogP contribution in [0.15, 0.2) is 24.3 Å². The average Bonchev–Trinajstić information content (AvgIpc) is 2.41. The van der Waals surface area contributed by atoms with E-state index in [-0.39, 0.29) is 23.7 Å². The Morgan fingerprint density at radius 1 is 1.26 bits per heavy atom. The van der Waals surface area contributed by atoms with Crippen molar-refractivity contribution in [3.05, 3.63) is 35.6 Å². The number of hydrogen-bond donors (Lipinski definition) is 1. The molecule has 0 heterocycles. The molecule has 4 heteroatoms. The number of halogens is 1. The van der Waals surface area contributed by atoms with Crippen LogP contribution in [-0.2, 0) is 11.3 Å². The van der Waals surface area contributed by atoms with Gasteiger partial charge in [0, 0.05) is 19.5 Å². The predicted octanol–water partition coefficient (Wildman–Crippen LogP) is 2.34. The molecule has 1 amide bonds. The van der Waals surface area contributed by atoms with Crippen LogP contribution in [0.3, 0.4) is 0 Å². The Morgan fingerprint density at radius 3 is 2.42 bits per heavy atom. The first-order valence-electron chi connectivity index (χ1n) is 6.73. The Labute approximate surface area is 113 Å². The topological polar surface area (TPSA) is 40.5 Å². The van der Waals surface area contributed by atoms with Gasteiger partial charge >= 0.3 is 0 Å². The summed E-state index contributed by atoms with van der Waals surface area (Å²) in [6, 6.07) is 6.21. The maximum atomic E-state index is 12.8. The van der Waals surface area contributed by atoms with E-state index >= 15 is 0 Å². The summed E-state index contributed by atoms with van der Waals surface area (Å²) in [5, 5.41) is 9.45. The summed E-state index contributed by atoms with van der Waals surface area (Å²) in [6.45, 7) is 0.498. The van der Waals surface area contributed by atoms with E-state index in [9.17, 15) is 14.3 Å². The highest BCUT2D eigenvalue weighted by atomic mass is 19.1. The van der Waals surface area contributed by atoms with Gasteiger partial charge in [-0.15, -0.1) is 0 Å². The molecule has 1 aromatic carbocycles. The maximum absolute atomic E-state index is 12.8. The molecule has 104 valence electrons. The maximum Gasteiger partial charge on any atom is 0.225 e. The van der Waals surface area contributed by atoms with Gasteiger partial charge in [-0.3, -0.25) is 4.79 Å². The number of hydrogen-bond acceptors (Lipinski definition) is 2. The minimum Gasteiger partial charge on any atom is -0.393 e. The molecule has 0 saturated heterocycles. The molecule has 0 aromatic heterocycles. The Morgan fingerprint density at radius 2 is 1.84 bits per heavy atom. The van der Waals surface area contributed by atoms with Crippen molar-refractivity contribution in [2.45, 2.75) is 38.3 Å². The van der Waals surface area contributed by atoms with Crippen molar-refractivity contribution in [1.82, 2.24) is 4.90 Å². The zero-order chi connectivity index (χ0) is 13.8. The van der Waals surface area contributed by atoms with E-state index in [0.29, 0.717) is 19.4 Å². The molecule has 0 unspecified atom stereocenters. The number of benzene rings is 1. The Hall–Kier alpha value is -1.42. The molecule has 1 aliphatic rings. The Bertz CT molecular complexity index is 424. The van der Waals surface area contributed by atoms with Gasteiger partial charge in [0.05, 0.1) is 6.10 Å². The number of aliphatic hydroxyl groups excluding tert-OH is 1. The van der Waals surface area contributed by atoms with Gasteiger partial charge in [-0.05, 0) is 43.4 Å². The summed E-state index contributed by atoms with van der Waals surface area (Å²) in [4.78, 5) is 13.9. The van der Waals surface area contributed by atoms with E-state index < -0.39 is 0 Å². The second kappa shape index (κ2) is 6.15. The fraction of sp³-hybridized carbons (Fsp3) is 0.533. The van der Waals surface area contributed by atoms with Crippen LogP contribution >= 0.6 is 0 Å². The van der Waals surface area contributed by atoms with Crippen LogP contribution in [0.25, 0.3) is 0 Å². The molecule has 0 aliphatic heterocycles. The smallest absolute Gasteiger partial charge is 0.225 e. The third kappa shape index (κ3) is 3.77. The molecular weight excluding hydrogens is 245 g/mol. The van der Waals surface area contributed by atoms with E-state index in [4.69, 9.17) is 0 Å². The molecule has 1 aromatic rings.